The Morgan fingerprint density at radius 2 is 2.26 bits per heavy atom. The minimum atomic E-state index is -0.261. The Hall–Kier alpha value is -2.48. The second kappa shape index (κ2) is 7.64. The molecule has 6 nitrogen and oxygen atoms in total. The molecule has 27 heavy (non-hydrogen) atoms. The molecule has 1 amide bonds. The van der Waals surface area contributed by atoms with Crippen molar-refractivity contribution in [2.45, 2.75) is 19.4 Å². The van der Waals surface area contributed by atoms with E-state index in [9.17, 15) is 4.79 Å². The highest BCUT2D eigenvalue weighted by Crippen LogP contribution is 2.29. The summed E-state index contributed by atoms with van der Waals surface area (Å²) in [6.45, 7) is 3.59. The maximum Gasteiger partial charge on any atom is 0.261 e. The highest BCUT2D eigenvalue weighted by atomic mass is 32.1. The van der Waals surface area contributed by atoms with Gasteiger partial charge in [-0.2, -0.15) is 0 Å². The van der Waals surface area contributed by atoms with Gasteiger partial charge in [-0.25, -0.2) is 4.98 Å². The molecule has 0 bridgehead atoms. The fourth-order valence-corrected chi connectivity index (χ4v) is 3.96. The van der Waals surface area contributed by atoms with Gasteiger partial charge in [-0.3, -0.25) is 4.79 Å². The molecule has 1 atom stereocenters. The van der Waals surface area contributed by atoms with Gasteiger partial charge in [-0.15, -0.1) is 11.3 Å². The van der Waals surface area contributed by atoms with Crippen LogP contribution in [-0.4, -0.2) is 46.7 Å². The number of hydrogen-bond acceptors (Lipinski definition) is 5. The van der Waals surface area contributed by atoms with Crippen molar-refractivity contribution in [3.8, 4) is 11.1 Å². The number of H-pyrrole nitrogens is 1. The Balaban J connectivity index is 1.59. The van der Waals surface area contributed by atoms with E-state index in [1.807, 2.05) is 17.6 Å². The van der Waals surface area contributed by atoms with Crippen LogP contribution in [0.15, 0.2) is 35.9 Å². The van der Waals surface area contributed by atoms with Gasteiger partial charge in [-0.1, -0.05) is 6.08 Å². The molecule has 0 fully saturated rings. The number of pyridine rings is 1. The molecule has 0 aromatic carbocycles. The zero-order valence-corrected chi connectivity index (χ0v) is 15.9. The first-order valence-electron chi connectivity index (χ1n) is 9.03. The van der Waals surface area contributed by atoms with Gasteiger partial charge in [0.05, 0.1) is 11.5 Å². The molecule has 0 saturated heterocycles. The third-order valence-corrected chi connectivity index (χ3v) is 5.58. The van der Waals surface area contributed by atoms with Crippen LogP contribution < -0.4 is 10.6 Å². The topological polar surface area (TPSA) is 90.0 Å². The molecule has 1 aliphatic heterocycles. The molecule has 3 aromatic heterocycles. The molecule has 7 heteroatoms. The van der Waals surface area contributed by atoms with E-state index in [0.717, 1.165) is 47.4 Å². The molecule has 3 aromatic rings. The molecule has 140 valence electrons. The summed E-state index contributed by atoms with van der Waals surface area (Å²) >= 11 is 1.39. The summed E-state index contributed by atoms with van der Waals surface area (Å²) in [5.41, 5.74) is 5.19. The summed E-state index contributed by atoms with van der Waals surface area (Å²) in [5.74, 6) is -0.164. The molecule has 4 N–H and O–H groups in total. The van der Waals surface area contributed by atoms with Crippen molar-refractivity contribution in [1.82, 2.24) is 20.6 Å². The van der Waals surface area contributed by atoms with Crippen molar-refractivity contribution < 1.29 is 9.90 Å². The molecule has 1 aliphatic rings. The Morgan fingerprint density at radius 1 is 1.37 bits per heavy atom. The molecular weight excluding hydrogens is 360 g/mol. The van der Waals surface area contributed by atoms with Gasteiger partial charge < -0.3 is 20.7 Å². The van der Waals surface area contributed by atoms with E-state index in [1.165, 1.54) is 16.9 Å². The van der Waals surface area contributed by atoms with Crippen LogP contribution in [0.5, 0.6) is 0 Å². The lowest BCUT2D eigenvalue weighted by Gasteiger charge is -2.12. The van der Waals surface area contributed by atoms with Crippen LogP contribution >= 0.6 is 11.3 Å². The van der Waals surface area contributed by atoms with Crippen molar-refractivity contribution in [2.75, 3.05) is 19.7 Å². The Labute approximate surface area is 161 Å². The zero-order chi connectivity index (χ0) is 18.8. The Bertz CT molecular complexity index is 1000. The van der Waals surface area contributed by atoms with E-state index in [4.69, 9.17) is 5.11 Å². The van der Waals surface area contributed by atoms with Crippen molar-refractivity contribution in [3.05, 3.63) is 46.4 Å². The first kappa shape index (κ1) is 17.9. The van der Waals surface area contributed by atoms with Crippen LogP contribution in [0, 0.1) is 0 Å². The van der Waals surface area contributed by atoms with Crippen LogP contribution in [-0.2, 0) is 0 Å². The number of hydrogen-bond donors (Lipinski definition) is 4. The van der Waals surface area contributed by atoms with Gasteiger partial charge in [0.25, 0.3) is 5.91 Å². The van der Waals surface area contributed by atoms with Crippen LogP contribution in [0.1, 0.15) is 28.7 Å². The third kappa shape index (κ3) is 3.80. The van der Waals surface area contributed by atoms with Gasteiger partial charge >= 0.3 is 0 Å². The number of aliphatic hydroxyl groups is 1. The van der Waals surface area contributed by atoms with Crippen LogP contribution in [0.3, 0.4) is 0 Å². The van der Waals surface area contributed by atoms with Gasteiger partial charge in [0, 0.05) is 35.4 Å². The first-order chi connectivity index (χ1) is 13.1. The molecule has 4 rings (SSSR count). The van der Waals surface area contributed by atoms with E-state index in [0.29, 0.717) is 4.88 Å². The largest absolute Gasteiger partial charge is 0.394 e. The van der Waals surface area contributed by atoms with Crippen LogP contribution in [0.25, 0.3) is 27.7 Å². The highest BCUT2D eigenvalue weighted by Gasteiger charge is 2.14. The lowest BCUT2D eigenvalue weighted by atomic mass is 10.1. The van der Waals surface area contributed by atoms with E-state index in [2.05, 4.69) is 38.8 Å². The summed E-state index contributed by atoms with van der Waals surface area (Å²) in [5, 5.41) is 18.3. The number of carbonyl (C=O) groups excluding carboxylic acids is 1. The average Bonchev–Trinajstić information content (AvgIpc) is 3.35. The summed E-state index contributed by atoms with van der Waals surface area (Å²) in [4.78, 5) is 20.8. The molecule has 4 heterocycles. The zero-order valence-electron chi connectivity index (χ0n) is 15.1. The number of aliphatic hydroxyl groups excluding tert-OH is 1. The lowest BCUT2D eigenvalue weighted by Crippen LogP contribution is -2.34. The standard InChI is InChI=1S/C20H22N4O2S/c1-12(10-25)23-20(26)18-7-16(11-27-18)15-5-14-6-17(24-19(14)22-9-15)13-3-2-4-21-8-13/h3,5-7,9,11-12,21,25H,2,4,8,10H2,1H3,(H,22,24)(H,23,26)/t12-/m0/s1. The molecular formula is C20H22N4O2S. The van der Waals surface area contributed by atoms with Crippen molar-refractivity contribution >= 4 is 33.9 Å². The van der Waals surface area contributed by atoms with Gasteiger partial charge in [0.2, 0.25) is 0 Å². The summed E-state index contributed by atoms with van der Waals surface area (Å²) in [6.07, 6.45) is 5.13. The summed E-state index contributed by atoms with van der Waals surface area (Å²) < 4.78 is 0. The number of amides is 1. The Kier molecular flexibility index (Phi) is 5.07. The van der Waals surface area contributed by atoms with Crippen molar-refractivity contribution in [1.29, 1.82) is 0 Å². The number of rotatable bonds is 5. The van der Waals surface area contributed by atoms with Gasteiger partial charge in [-0.05, 0) is 54.6 Å². The van der Waals surface area contributed by atoms with Crippen molar-refractivity contribution in [3.63, 3.8) is 0 Å². The SMILES string of the molecule is C[C@@H](CO)NC(=O)c1cc(-c2cnc3[nH]c(C4=CCCNC4)cc3c2)cs1. The fourth-order valence-electron chi connectivity index (χ4n) is 3.14. The number of aromatic nitrogens is 2. The third-order valence-electron chi connectivity index (χ3n) is 4.65. The van der Waals surface area contributed by atoms with Gasteiger partial charge in [0.1, 0.15) is 5.65 Å². The minimum Gasteiger partial charge on any atom is -0.394 e. The van der Waals surface area contributed by atoms with E-state index >= 15 is 0 Å². The van der Waals surface area contributed by atoms with Crippen LogP contribution in [0.2, 0.25) is 0 Å². The number of fused-ring (bicyclic) bond motifs is 1. The van der Waals surface area contributed by atoms with E-state index in [-0.39, 0.29) is 18.6 Å². The number of thiophene rings is 1. The number of nitrogens with one attached hydrogen (secondary N) is 3. The monoisotopic (exact) mass is 382 g/mol. The highest BCUT2D eigenvalue weighted by molar-refractivity contribution is 7.12. The van der Waals surface area contributed by atoms with Gasteiger partial charge in [0.15, 0.2) is 0 Å². The fraction of sp³-hybridized carbons (Fsp3) is 0.300. The number of nitrogens with zero attached hydrogens (tertiary/aromatic N) is 1. The quantitative estimate of drug-likeness (QED) is 0.546. The molecule has 0 spiro atoms. The second-order valence-electron chi connectivity index (χ2n) is 6.80. The second-order valence-corrected chi connectivity index (χ2v) is 7.71. The number of carbonyl (C=O) groups is 1. The van der Waals surface area contributed by atoms with Crippen LogP contribution in [0.4, 0.5) is 0 Å². The normalized spacial score (nSPS) is 15.6. The number of aromatic amines is 1. The lowest BCUT2D eigenvalue weighted by molar-refractivity contribution is 0.0926. The Morgan fingerprint density at radius 3 is 3.04 bits per heavy atom. The molecule has 0 aliphatic carbocycles. The predicted molar refractivity (Wildman–Crippen MR) is 109 cm³/mol. The summed E-state index contributed by atoms with van der Waals surface area (Å²) in [7, 11) is 0. The maximum atomic E-state index is 12.2. The predicted octanol–water partition coefficient (Wildman–Crippen LogP) is 2.78. The minimum absolute atomic E-state index is 0.0770. The smallest absolute Gasteiger partial charge is 0.261 e. The van der Waals surface area contributed by atoms with E-state index < -0.39 is 0 Å². The first-order valence-corrected chi connectivity index (χ1v) is 9.91. The molecule has 0 unspecified atom stereocenters. The average molecular weight is 382 g/mol. The molecule has 0 radical (unpaired) electrons. The van der Waals surface area contributed by atoms with E-state index in [1.54, 1.807) is 6.92 Å². The molecule has 0 saturated carbocycles. The summed E-state index contributed by atoms with van der Waals surface area (Å²) in [6, 6.07) is 5.84. The van der Waals surface area contributed by atoms with Crippen molar-refractivity contribution in [2.24, 2.45) is 0 Å². The maximum absolute atomic E-state index is 12.2.